The number of aromatic nitrogens is 3. The summed E-state index contributed by atoms with van der Waals surface area (Å²) in [6.45, 7) is 0.529. The molecule has 3 aromatic carbocycles. The lowest BCUT2D eigenvalue weighted by Crippen LogP contribution is -2.10. The normalized spacial score (nSPS) is 12.2. The number of benzene rings is 3. The van der Waals surface area contributed by atoms with E-state index in [4.69, 9.17) is 22.4 Å². The van der Waals surface area contributed by atoms with Crippen molar-refractivity contribution in [2.24, 2.45) is 10.2 Å². The molecule has 0 spiro atoms. The fourth-order valence-electron chi connectivity index (χ4n) is 3.67. The number of halogens is 1. The van der Waals surface area contributed by atoms with Crippen molar-refractivity contribution in [1.82, 2.24) is 15.0 Å². The van der Waals surface area contributed by atoms with Gasteiger partial charge in [-0.2, -0.15) is 43.5 Å². The zero-order valence-corrected chi connectivity index (χ0v) is 24.9. The first-order chi connectivity index (χ1) is 20.3. The third-order valence-corrected chi connectivity index (χ3v) is 8.34. The number of hydrogen-bond acceptors (Lipinski definition) is 15. The number of nitrogen functional groups attached to an aromatic ring is 1. The molecule has 0 aliphatic heterocycles. The fraction of sp³-hybridized carbons (Fsp3) is 0.174. The van der Waals surface area contributed by atoms with Crippen LogP contribution in [0.4, 0.5) is 34.6 Å². The number of aliphatic hydroxyl groups excluding tert-OH is 1. The van der Waals surface area contributed by atoms with Gasteiger partial charge in [-0.1, -0.05) is 6.07 Å². The van der Waals surface area contributed by atoms with Crippen LogP contribution in [0, 0.1) is 0 Å². The molecule has 0 saturated heterocycles. The van der Waals surface area contributed by atoms with Gasteiger partial charge in [-0.05, 0) is 47.3 Å². The lowest BCUT2D eigenvalue weighted by atomic mass is 10.1. The Morgan fingerprint density at radius 1 is 0.930 bits per heavy atom. The molecule has 0 aliphatic rings. The number of azo groups is 1. The van der Waals surface area contributed by atoms with Gasteiger partial charge in [0.25, 0.3) is 20.2 Å². The maximum absolute atomic E-state index is 12.2. The molecule has 0 amide bonds. The molecule has 1 heterocycles. The lowest BCUT2D eigenvalue weighted by Gasteiger charge is -2.11. The number of phenolic OH excluding ortho intramolecular Hbond substituents is 1. The third-order valence-electron chi connectivity index (χ3n) is 5.50. The van der Waals surface area contributed by atoms with E-state index in [1.54, 1.807) is 0 Å². The second-order valence-corrected chi connectivity index (χ2v) is 12.9. The summed E-state index contributed by atoms with van der Waals surface area (Å²) in [4.78, 5) is 10.9. The van der Waals surface area contributed by atoms with Crippen molar-refractivity contribution in [2.45, 2.75) is 9.79 Å². The highest BCUT2D eigenvalue weighted by atomic mass is 35.5. The molecule has 4 aromatic rings. The molecule has 20 heteroatoms. The third kappa shape index (κ3) is 8.16. The number of thioether (sulfide) groups is 1. The zero-order valence-electron chi connectivity index (χ0n) is 21.7. The highest BCUT2D eigenvalue weighted by Gasteiger charge is 2.19. The maximum atomic E-state index is 12.2. The average molecular weight is 671 g/mol. The number of phenols is 1. The first-order valence-corrected chi connectivity index (χ1v) is 16.3. The van der Waals surface area contributed by atoms with Crippen molar-refractivity contribution >= 4 is 89.0 Å². The molecule has 228 valence electrons. The van der Waals surface area contributed by atoms with E-state index in [0.717, 1.165) is 18.2 Å². The predicted octanol–water partition coefficient (Wildman–Crippen LogP) is 3.76. The van der Waals surface area contributed by atoms with E-state index in [2.05, 4.69) is 35.8 Å². The van der Waals surface area contributed by atoms with E-state index in [1.807, 2.05) is 0 Å². The average Bonchev–Trinajstić information content (AvgIpc) is 2.91. The van der Waals surface area contributed by atoms with Crippen LogP contribution in [0.2, 0.25) is 5.28 Å². The van der Waals surface area contributed by atoms with E-state index < -0.39 is 35.8 Å². The lowest BCUT2D eigenvalue weighted by molar-refractivity contribution is 0.322. The van der Waals surface area contributed by atoms with Crippen LogP contribution >= 0.6 is 23.4 Å². The molecule has 0 fully saturated rings. The van der Waals surface area contributed by atoms with Crippen LogP contribution in [0.5, 0.6) is 5.75 Å². The molecule has 0 saturated carbocycles. The molecular formula is C23H23ClN8O8S3. The highest BCUT2D eigenvalue weighted by molar-refractivity contribution is 7.99. The molecular weight excluding hydrogens is 648 g/mol. The van der Waals surface area contributed by atoms with E-state index in [1.165, 1.54) is 36.0 Å². The Hall–Kier alpha value is -3.85. The fourth-order valence-corrected chi connectivity index (χ4v) is 5.60. The SMILES string of the molecule is Nc1ccc2cc(S(=O)(=O)O)cc(O)c2c1N=Nc1ccc(Nc2nc(Cl)nc(NCCSCCO)n2)cc1S(=O)(=O)O. The summed E-state index contributed by atoms with van der Waals surface area (Å²) >= 11 is 7.50. The molecule has 0 atom stereocenters. The molecule has 0 aliphatic carbocycles. The van der Waals surface area contributed by atoms with Gasteiger partial charge in [0.15, 0.2) is 0 Å². The monoisotopic (exact) mass is 670 g/mol. The molecule has 0 radical (unpaired) electrons. The molecule has 43 heavy (non-hydrogen) atoms. The summed E-state index contributed by atoms with van der Waals surface area (Å²) in [6.07, 6.45) is 0. The number of rotatable bonds is 12. The van der Waals surface area contributed by atoms with Crippen molar-refractivity contribution in [3.05, 3.63) is 47.7 Å². The van der Waals surface area contributed by atoms with Gasteiger partial charge in [0.2, 0.25) is 17.2 Å². The van der Waals surface area contributed by atoms with Crippen LogP contribution in [0.15, 0.2) is 62.5 Å². The van der Waals surface area contributed by atoms with E-state index >= 15 is 0 Å². The topological polar surface area (TPSA) is 263 Å². The Kier molecular flexibility index (Phi) is 9.85. The number of nitrogens with one attached hydrogen (secondary N) is 2. The number of nitrogens with two attached hydrogens (primary N) is 1. The minimum atomic E-state index is -4.85. The van der Waals surface area contributed by atoms with Crippen molar-refractivity contribution in [3.8, 4) is 5.75 Å². The van der Waals surface area contributed by atoms with Gasteiger partial charge < -0.3 is 26.6 Å². The first-order valence-electron chi connectivity index (χ1n) is 11.9. The van der Waals surface area contributed by atoms with Gasteiger partial charge in [0.05, 0.1) is 22.6 Å². The summed E-state index contributed by atoms with van der Waals surface area (Å²) in [7, 11) is -9.49. The van der Waals surface area contributed by atoms with E-state index in [9.17, 15) is 31.0 Å². The van der Waals surface area contributed by atoms with Crippen molar-refractivity contribution < 1.29 is 36.2 Å². The summed E-state index contributed by atoms with van der Waals surface area (Å²) in [5.74, 6) is 0.760. The Labute approximate surface area is 254 Å². The van der Waals surface area contributed by atoms with Gasteiger partial charge in [-0.3, -0.25) is 9.11 Å². The maximum Gasteiger partial charge on any atom is 0.296 e. The zero-order chi connectivity index (χ0) is 31.4. The van der Waals surface area contributed by atoms with Gasteiger partial charge in [-0.15, -0.1) is 10.2 Å². The molecule has 0 unspecified atom stereocenters. The number of nitrogens with zero attached hydrogens (tertiary/aromatic N) is 5. The molecule has 0 bridgehead atoms. The van der Waals surface area contributed by atoms with Crippen LogP contribution in [-0.4, -0.2) is 75.8 Å². The van der Waals surface area contributed by atoms with E-state index in [0.29, 0.717) is 18.1 Å². The minimum absolute atomic E-state index is 0.000895. The second-order valence-electron chi connectivity index (χ2n) is 8.52. The summed E-state index contributed by atoms with van der Waals surface area (Å²) < 4.78 is 66.8. The molecule has 1 aromatic heterocycles. The van der Waals surface area contributed by atoms with Gasteiger partial charge in [0.1, 0.15) is 22.0 Å². The van der Waals surface area contributed by atoms with Gasteiger partial charge in [-0.25, -0.2) is 0 Å². The largest absolute Gasteiger partial charge is 0.507 e. The summed E-state index contributed by atoms with van der Waals surface area (Å²) in [5.41, 5.74) is 5.68. The summed E-state index contributed by atoms with van der Waals surface area (Å²) in [5, 5.41) is 32.9. The van der Waals surface area contributed by atoms with Crippen LogP contribution in [0.1, 0.15) is 0 Å². The van der Waals surface area contributed by atoms with Gasteiger partial charge in [0, 0.05) is 29.8 Å². The Morgan fingerprint density at radius 3 is 2.37 bits per heavy atom. The molecule has 4 rings (SSSR count). The van der Waals surface area contributed by atoms with Crippen molar-refractivity contribution in [1.29, 1.82) is 0 Å². The first kappa shape index (κ1) is 32.1. The highest BCUT2D eigenvalue weighted by Crippen LogP contribution is 2.41. The standard InChI is InChI=1S/C23H23ClN8O8S3/c24-21-28-22(26-5-7-41-8-6-33)30-23(29-21)27-13-2-4-16(18(10-13)43(38,39)40)31-32-20-15(25)3-1-12-9-14(42(35,36)37)11-17(34)19(12)20/h1-4,9-11,33-34H,5-8,25H2,(H,35,36,37)(H,38,39,40)(H2,26,27,28,29,30). The van der Waals surface area contributed by atoms with Crippen LogP contribution < -0.4 is 16.4 Å². The number of aliphatic hydroxyl groups is 1. The van der Waals surface area contributed by atoms with Crippen LogP contribution in [-0.2, 0) is 20.2 Å². The number of fused-ring (bicyclic) bond motifs is 1. The molecule has 8 N–H and O–H groups in total. The Morgan fingerprint density at radius 2 is 1.67 bits per heavy atom. The predicted molar refractivity (Wildman–Crippen MR) is 161 cm³/mol. The van der Waals surface area contributed by atoms with Crippen molar-refractivity contribution in [3.63, 3.8) is 0 Å². The Bertz CT molecular complexity index is 1930. The van der Waals surface area contributed by atoms with Crippen molar-refractivity contribution in [2.75, 3.05) is 41.0 Å². The van der Waals surface area contributed by atoms with Crippen LogP contribution in [0.25, 0.3) is 10.8 Å². The smallest absolute Gasteiger partial charge is 0.296 e. The minimum Gasteiger partial charge on any atom is -0.507 e. The number of aromatic hydroxyl groups is 1. The Balaban J connectivity index is 1.66. The second kappa shape index (κ2) is 13.2. The molecule has 16 nitrogen and oxygen atoms in total. The number of hydrogen-bond donors (Lipinski definition) is 7. The summed E-state index contributed by atoms with van der Waals surface area (Å²) in [6, 6.07) is 8.25. The van der Waals surface area contributed by atoms with Gasteiger partial charge >= 0.3 is 0 Å². The van der Waals surface area contributed by atoms with E-state index in [-0.39, 0.29) is 57.3 Å². The number of anilines is 4. The van der Waals surface area contributed by atoms with Crippen LogP contribution in [0.3, 0.4) is 0 Å². The quantitative estimate of drug-likeness (QED) is 0.0489.